The predicted octanol–water partition coefficient (Wildman–Crippen LogP) is 3.92. The summed E-state index contributed by atoms with van der Waals surface area (Å²) in [6.45, 7) is 0. The normalized spacial score (nSPS) is 11.5. The smallest absolute Gasteiger partial charge is 0.285 e. The van der Waals surface area contributed by atoms with E-state index in [0.29, 0.717) is 22.6 Å². The number of halogens is 1. The Labute approximate surface area is 214 Å². The maximum Gasteiger partial charge on any atom is 0.285 e. The summed E-state index contributed by atoms with van der Waals surface area (Å²) >= 11 is 3.42. The van der Waals surface area contributed by atoms with E-state index in [2.05, 4.69) is 30.4 Å². The van der Waals surface area contributed by atoms with E-state index < -0.39 is 20.9 Å². The highest BCUT2D eigenvalue weighted by atomic mass is 79.9. The van der Waals surface area contributed by atoms with Gasteiger partial charge in [0.05, 0.1) is 21.2 Å². The number of aliphatic imine (C=N–C) groups is 1. The fourth-order valence-electron chi connectivity index (χ4n) is 3.21. The largest absolute Gasteiger partial charge is 0.369 e. The average molecular weight is 568 g/mol. The monoisotopic (exact) mass is 567 g/mol. The van der Waals surface area contributed by atoms with Gasteiger partial charge >= 0.3 is 0 Å². The molecule has 0 atom stereocenters. The Kier molecular flexibility index (Phi) is 6.94. The van der Waals surface area contributed by atoms with Gasteiger partial charge in [-0.15, -0.1) is 4.40 Å². The average Bonchev–Trinajstić information content (AvgIpc) is 3.27. The number of guanidine groups is 1. The summed E-state index contributed by atoms with van der Waals surface area (Å²) in [5.74, 6) is -0.553. The first-order chi connectivity index (χ1) is 17.1. The van der Waals surface area contributed by atoms with Crippen LogP contribution < -0.4 is 11.5 Å². The lowest BCUT2D eigenvalue weighted by molar-refractivity contribution is -0.384. The molecule has 0 aliphatic carbocycles. The molecule has 182 valence electrons. The molecule has 0 radical (unpaired) electrons. The summed E-state index contributed by atoms with van der Waals surface area (Å²) in [7, 11) is -4.00. The van der Waals surface area contributed by atoms with Crippen molar-refractivity contribution in [2.75, 3.05) is 0 Å². The second kappa shape index (κ2) is 10.1. The van der Waals surface area contributed by atoms with Gasteiger partial charge < -0.3 is 11.5 Å². The molecule has 0 aliphatic heterocycles. The molecular formula is C23H18BrN7O4S. The number of benzene rings is 3. The van der Waals surface area contributed by atoms with Crippen molar-refractivity contribution >= 4 is 49.5 Å². The van der Waals surface area contributed by atoms with E-state index in [9.17, 15) is 18.5 Å². The molecule has 1 aromatic heterocycles. The fraction of sp³-hybridized carbons (Fsp3) is 0. The Balaban J connectivity index is 1.70. The molecule has 4 rings (SSSR count). The molecule has 4 aromatic rings. The fourth-order valence-corrected chi connectivity index (χ4v) is 4.34. The molecule has 0 unspecified atom stereocenters. The third-order valence-electron chi connectivity index (χ3n) is 4.90. The number of nitrogens with two attached hydrogens (primary N) is 2. The van der Waals surface area contributed by atoms with Gasteiger partial charge in [0.1, 0.15) is 5.69 Å². The molecule has 0 bridgehead atoms. The zero-order chi connectivity index (χ0) is 25.9. The standard InChI is InChI=1S/C23H18BrN7O4S/c24-17-3-1-15(2-4-17)22-16(14-30(28-22)19-7-9-20(10-8-19)31(32)33)13-27-18-5-11-21(12-6-18)36(34,35)29-23(25)26/h1-14H,(H4,25,26,29). The van der Waals surface area contributed by atoms with Crippen molar-refractivity contribution in [1.29, 1.82) is 0 Å². The summed E-state index contributed by atoms with van der Waals surface area (Å²) in [5.41, 5.74) is 13.6. The van der Waals surface area contributed by atoms with Crippen molar-refractivity contribution in [3.8, 4) is 16.9 Å². The molecule has 0 aliphatic rings. The second-order valence-electron chi connectivity index (χ2n) is 7.40. The highest BCUT2D eigenvalue weighted by Crippen LogP contribution is 2.26. The molecular weight excluding hydrogens is 550 g/mol. The van der Waals surface area contributed by atoms with E-state index in [4.69, 9.17) is 11.5 Å². The quantitative estimate of drug-likeness (QED) is 0.147. The van der Waals surface area contributed by atoms with Gasteiger partial charge in [0.25, 0.3) is 15.7 Å². The van der Waals surface area contributed by atoms with Crippen molar-refractivity contribution in [2.24, 2.45) is 20.9 Å². The Morgan fingerprint density at radius 2 is 1.64 bits per heavy atom. The SMILES string of the molecule is NC(N)=NS(=O)(=O)c1ccc(N=Cc2cn(-c3ccc([N+](=O)[O-])cc3)nc2-c2ccc(Br)cc2)cc1. The molecule has 36 heavy (non-hydrogen) atoms. The molecule has 0 amide bonds. The predicted molar refractivity (Wildman–Crippen MR) is 140 cm³/mol. The number of sulfonamides is 1. The van der Waals surface area contributed by atoms with E-state index in [0.717, 1.165) is 10.0 Å². The molecule has 11 nitrogen and oxygen atoms in total. The van der Waals surface area contributed by atoms with Crippen LogP contribution in [0.4, 0.5) is 11.4 Å². The summed E-state index contributed by atoms with van der Waals surface area (Å²) < 4.78 is 30.0. The highest BCUT2D eigenvalue weighted by molar-refractivity contribution is 9.10. The molecule has 0 fully saturated rings. The summed E-state index contributed by atoms with van der Waals surface area (Å²) in [6.07, 6.45) is 3.35. The molecule has 0 saturated carbocycles. The van der Waals surface area contributed by atoms with Gasteiger partial charge in [0.15, 0.2) is 0 Å². The number of nitrogens with zero attached hydrogens (tertiary/aromatic N) is 5. The van der Waals surface area contributed by atoms with Crippen LogP contribution in [0.25, 0.3) is 16.9 Å². The number of nitro benzene ring substituents is 1. The zero-order valence-corrected chi connectivity index (χ0v) is 20.8. The zero-order valence-electron chi connectivity index (χ0n) is 18.4. The first kappa shape index (κ1) is 24.8. The van der Waals surface area contributed by atoms with Gasteiger partial charge in [-0.25, -0.2) is 4.68 Å². The minimum Gasteiger partial charge on any atom is -0.369 e. The van der Waals surface area contributed by atoms with E-state index in [1.807, 2.05) is 24.3 Å². The van der Waals surface area contributed by atoms with Gasteiger partial charge in [0.2, 0.25) is 5.96 Å². The van der Waals surface area contributed by atoms with E-state index in [-0.39, 0.29) is 10.6 Å². The highest BCUT2D eigenvalue weighted by Gasteiger charge is 2.14. The van der Waals surface area contributed by atoms with Crippen molar-refractivity contribution in [2.45, 2.75) is 4.90 Å². The maximum atomic E-state index is 12.1. The molecule has 1 heterocycles. The Bertz CT molecular complexity index is 1580. The van der Waals surface area contributed by atoms with Gasteiger partial charge in [-0.1, -0.05) is 28.1 Å². The lowest BCUT2D eigenvalue weighted by Crippen LogP contribution is -2.24. The lowest BCUT2D eigenvalue weighted by Gasteiger charge is -2.01. The number of aromatic nitrogens is 2. The van der Waals surface area contributed by atoms with Crippen molar-refractivity contribution in [1.82, 2.24) is 9.78 Å². The van der Waals surface area contributed by atoms with E-state index >= 15 is 0 Å². The minimum absolute atomic E-state index is 0.0221. The molecule has 13 heteroatoms. The Morgan fingerprint density at radius 3 is 2.22 bits per heavy atom. The molecule has 0 spiro atoms. The van der Waals surface area contributed by atoms with Crippen LogP contribution >= 0.6 is 15.9 Å². The van der Waals surface area contributed by atoms with E-state index in [1.165, 1.54) is 36.4 Å². The number of hydrogen-bond acceptors (Lipinski definition) is 6. The van der Waals surface area contributed by atoms with Crippen LogP contribution in [-0.4, -0.2) is 35.3 Å². The molecule has 4 N–H and O–H groups in total. The van der Waals surface area contributed by atoms with Gasteiger partial charge in [-0.2, -0.15) is 13.5 Å². The Morgan fingerprint density at radius 1 is 1.00 bits per heavy atom. The van der Waals surface area contributed by atoms with Crippen LogP contribution in [-0.2, 0) is 10.0 Å². The first-order valence-corrected chi connectivity index (χ1v) is 12.5. The Hall–Kier alpha value is -4.36. The number of hydrogen-bond donors (Lipinski definition) is 2. The number of nitro groups is 1. The van der Waals surface area contributed by atoms with Crippen molar-refractivity contribution < 1.29 is 13.3 Å². The number of non-ortho nitro benzene ring substituents is 1. The van der Waals surface area contributed by atoms with Crippen LogP contribution in [0.5, 0.6) is 0 Å². The summed E-state index contributed by atoms with van der Waals surface area (Å²) in [4.78, 5) is 14.9. The molecule has 3 aromatic carbocycles. The lowest BCUT2D eigenvalue weighted by atomic mass is 10.1. The minimum atomic E-state index is -4.00. The topological polar surface area (TPSA) is 172 Å². The molecule has 0 saturated heterocycles. The van der Waals surface area contributed by atoms with E-state index in [1.54, 1.807) is 29.2 Å². The number of rotatable bonds is 7. The first-order valence-electron chi connectivity index (χ1n) is 10.2. The van der Waals surface area contributed by atoms with Crippen LogP contribution in [0.1, 0.15) is 5.56 Å². The van der Waals surface area contributed by atoms with Crippen molar-refractivity contribution in [3.05, 3.63) is 99.1 Å². The van der Waals surface area contributed by atoms with Gasteiger partial charge in [-0.05, 0) is 48.5 Å². The maximum absolute atomic E-state index is 12.1. The van der Waals surface area contributed by atoms with Crippen LogP contribution in [0.2, 0.25) is 0 Å². The van der Waals surface area contributed by atoms with Crippen LogP contribution in [0.3, 0.4) is 0 Å². The second-order valence-corrected chi connectivity index (χ2v) is 9.92. The summed E-state index contributed by atoms with van der Waals surface area (Å²) in [6, 6.07) is 19.3. The van der Waals surface area contributed by atoms with Crippen LogP contribution in [0.15, 0.2) is 97.8 Å². The van der Waals surface area contributed by atoms with Gasteiger partial charge in [-0.3, -0.25) is 15.1 Å². The van der Waals surface area contributed by atoms with Crippen molar-refractivity contribution in [3.63, 3.8) is 0 Å². The summed E-state index contributed by atoms with van der Waals surface area (Å²) in [5, 5.41) is 15.6. The third kappa shape index (κ3) is 5.64. The van der Waals surface area contributed by atoms with Crippen LogP contribution in [0, 0.1) is 10.1 Å². The third-order valence-corrected chi connectivity index (χ3v) is 6.75. The van der Waals surface area contributed by atoms with Gasteiger partial charge in [0, 0.05) is 40.1 Å².